The molecule has 0 aliphatic heterocycles. The number of nitrogens with zero attached hydrogens (tertiary/aromatic N) is 5. The van der Waals surface area contributed by atoms with Crippen LogP contribution in [0.25, 0.3) is 11.6 Å². The van der Waals surface area contributed by atoms with Crippen molar-refractivity contribution in [1.29, 1.82) is 0 Å². The number of aromatic nitrogens is 5. The van der Waals surface area contributed by atoms with Crippen LogP contribution in [-0.4, -0.2) is 37.4 Å². The summed E-state index contributed by atoms with van der Waals surface area (Å²) in [6.45, 7) is 1.34. The number of hydrogen-bond acceptors (Lipinski definition) is 6. The van der Waals surface area contributed by atoms with Crippen molar-refractivity contribution in [3.63, 3.8) is 0 Å². The summed E-state index contributed by atoms with van der Waals surface area (Å²) < 4.78 is 7.62. The van der Waals surface area contributed by atoms with Crippen molar-refractivity contribution >= 4 is 5.91 Å². The van der Waals surface area contributed by atoms with Gasteiger partial charge in [0.25, 0.3) is 5.89 Å². The van der Waals surface area contributed by atoms with Crippen LogP contribution in [0.15, 0.2) is 47.3 Å². The maximum Gasteiger partial charge on any atom is 0.266 e. The average Bonchev–Trinajstić information content (AvgIpc) is 3.44. The van der Waals surface area contributed by atoms with Crippen LogP contribution >= 0.6 is 0 Å². The molecule has 0 aromatic carbocycles. The number of nitrogens with one attached hydrogen (secondary N) is 1. The highest BCUT2D eigenvalue weighted by molar-refractivity contribution is 5.75. The van der Waals surface area contributed by atoms with E-state index in [4.69, 9.17) is 4.42 Å². The maximum atomic E-state index is 12.0. The van der Waals surface area contributed by atoms with Gasteiger partial charge < -0.3 is 9.73 Å². The topological polar surface area (TPSA) is 98.7 Å². The van der Waals surface area contributed by atoms with E-state index >= 15 is 0 Å². The summed E-state index contributed by atoms with van der Waals surface area (Å²) >= 11 is 0. The third-order valence-corrected chi connectivity index (χ3v) is 5.24. The fraction of sp³-hybridized carbons (Fsp3) is 0.450. The molecule has 0 spiro atoms. The molecule has 8 nitrogen and oxygen atoms in total. The molecule has 0 bridgehead atoms. The van der Waals surface area contributed by atoms with E-state index in [1.54, 1.807) is 17.1 Å². The Morgan fingerprint density at radius 1 is 1.14 bits per heavy atom. The van der Waals surface area contributed by atoms with Crippen molar-refractivity contribution in [2.45, 2.75) is 44.6 Å². The Morgan fingerprint density at radius 2 is 2.04 bits per heavy atom. The second-order valence-electron chi connectivity index (χ2n) is 7.20. The fourth-order valence-corrected chi connectivity index (χ4v) is 3.60. The summed E-state index contributed by atoms with van der Waals surface area (Å²) in [5.74, 6) is 2.04. The van der Waals surface area contributed by atoms with Gasteiger partial charge in [0, 0.05) is 44.0 Å². The molecule has 0 saturated heterocycles. The van der Waals surface area contributed by atoms with Gasteiger partial charge in [-0.05, 0) is 49.8 Å². The zero-order chi connectivity index (χ0) is 19.2. The predicted octanol–water partition coefficient (Wildman–Crippen LogP) is 2.81. The first kappa shape index (κ1) is 18.3. The number of pyridine rings is 1. The summed E-state index contributed by atoms with van der Waals surface area (Å²) in [6, 6.07) is 7.49. The molecule has 1 aliphatic carbocycles. The number of hydrogen-bond donors (Lipinski definition) is 1. The van der Waals surface area contributed by atoms with Crippen molar-refractivity contribution in [3.05, 3.63) is 48.7 Å². The van der Waals surface area contributed by atoms with Crippen molar-refractivity contribution in [2.24, 2.45) is 5.92 Å². The lowest BCUT2D eigenvalue weighted by molar-refractivity contribution is -0.121. The van der Waals surface area contributed by atoms with Gasteiger partial charge in [-0.2, -0.15) is 5.10 Å². The largest absolute Gasteiger partial charge is 0.419 e. The summed E-state index contributed by atoms with van der Waals surface area (Å²) in [5.41, 5.74) is 0.702. The molecule has 1 amide bonds. The monoisotopic (exact) mass is 380 g/mol. The first-order chi connectivity index (χ1) is 13.8. The SMILES string of the molecule is O=C(CCn1cccn1)NCC1CCC(c2nnc(-c3ccccn3)o2)CC1. The molecule has 4 rings (SSSR count). The third kappa shape index (κ3) is 4.62. The van der Waals surface area contributed by atoms with Crippen LogP contribution in [0.3, 0.4) is 0 Å². The van der Waals surface area contributed by atoms with E-state index in [9.17, 15) is 4.79 Å². The first-order valence-electron chi connectivity index (χ1n) is 9.77. The van der Waals surface area contributed by atoms with Crippen molar-refractivity contribution < 1.29 is 9.21 Å². The lowest BCUT2D eigenvalue weighted by Gasteiger charge is -2.26. The van der Waals surface area contributed by atoms with Crippen molar-refractivity contribution in [3.8, 4) is 11.6 Å². The van der Waals surface area contributed by atoms with Gasteiger partial charge in [-0.25, -0.2) is 0 Å². The number of rotatable bonds is 7. The fourth-order valence-electron chi connectivity index (χ4n) is 3.60. The minimum absolute atomic E-state index is 0.0783. The molecular formula is C20H24N6O2. The van der Waals surface area contributed by atoms with Gasteiger partial charge in [0.05, 0.1) is 0 Å². The van der Waals surface area contributed by atoms with Crippen LogP contribution < -0.4 is 5.32 Å². The Balaban J connectivity index is 1.20. The molecule has 1 fully saturated rings. The Labute approximate surface area is 163 Å². The van der Waals surface area contributed by atoms with Crippen molar-refractivity contribution in [1.82, 2.24) is 30.3 Å². The second kappa shape index (κ2) is 8.77. The van der Waals surface area contributed by atoms with Gasteiger partial charge in [-0.15, -0.1) is 10.2 Å². The second-order valence-corrected chi connectivity index (χ2v) is 7.20. The zero-order valence-corrected chi connectivity index (χ0v) is 15.7. The number of carbonyl (C=O) groups excluding carboxylic acids is 1. The number of carbonyl (C=O) groups is 1. The van der Waals surface area contributed by atoms with Crippen LogP contribution in [0.1, 0.15) is 43.9 Å². The molecule has 0 unspecified atom stereocenters. The molecule has 8 heteroatoms. The van der Waals surface area contributed by atoms with E-state index in [0.29, 0.717) is 36.4 Å². The van der Waals surface area contributed by atoms with Crippen molar-refractivity contribution in [2.75, 3.05) is 6.54 Å². The Hall–Kier alpha value is -3.03. The Kier molecular flexibility index (Phi) is 5.75. The maximum absolute atomic E-state index is 12.0. The van der Waals surface area contributed by atoms with E-state index in [1.165, 1.54) is 0 Å². The Morgan fingerprint density at radius 3 is 2.79 bits per heavy atom. The molecule has 1 aliphatic rings. The molecule has 3 aromatic rings. The molecule has 146 valence electrons. The number of aryl methyl sites for hydroxylation is 1. The van der Waals surface area contributed by atoms with Crippen LogP contribution in [0.2, 0.25) is 0 Å². The van der Waals surface area contributed by atoms with Crippen LogP contribution in [0, 0.1) is 5.92 Å². The standard InChI is InChI=1S/C20H24N6O2/c27-18(9-13-26-12-3-11-23-26)22-14-15-5-7-16(8-6-15)19-24-25-20(28-19)17-4-1-2-10-21-17/h1-4,10-12,15-16H,5-9,13-14H2,(H,22,27). The van der Waals surface area contributed by atoms with E-state index < -0.39 is 0 Å². The summed E-state index contributed by atoms with van der Waals surface area (Å²) in [4.78, 5) is 16.3. The van der Waals surface area contributed by atoms with Gasteiger partial charge in [0.15, 0.2) is 0 Å². The van der Waals surface area contributed by atoms with Gasteiger partial charge in [-0.1, -0.05) is 6.07 Å². The lowest BCUT2D eigenvalue weighted by atomic mass is 9.82. The van der Waals surface area contributed by atoms with Crippen LogP contribution in [0.5, 0.6) is 0 Å². The molecule has 1 saturated carbocycles. The number of amides is 1. The normalized spacial score (nSPS) is 19.4. The van der Waals surface area contributed by atoms with E-state index in [0.717, 1.165) is 32.2 Å². The highest BCUT2D eigenvalue weighted by Crippen LogP contribution is 2.35. The summed E-state index contributed by atoms with van der Waals surface area (Å²) in [7, 11) is 0. The molecule has 0 atom stereocenters. The predicted molar refractivity (Wildman–Crippen MR) is 102 cm³/mol. The smallest absolute Gasteiger partial charge is 0.266 e. The minimum atomic E-state index is 0.0783. The van der Waals surface area contributed by atoms with Crippen LogP contribution in [0.4, 0.5) is 0 Å². The van der Waals surface area contributed by atoms with Crippen LogP contribution in [-0.2, 0) is 11.3 Å². The minimum Gasteiger partial charge on any atom is -0.419 e. The summed E-state index contributed by atoms with van der Waals surface area (Å²) in [5, 5.41) is 15.5. The highest BCUT2D eigenvalue weighted by atomic mass is 16.4. The van der Waals surface area contributed by atoms with E-state index in [2.05, 4.69) is 25.6 Å². The first-order valence-corrected chi connectivity index (χ1v) is 9.77. The lowest BCUT2D eigenvalue weighted by Crippen LogP contribution is -2.31. The summed E-state index contributed by atoms with van der Waals surface area (Å²) in [6.07, 6.45) is 9.85. The molecule has 3 heterocycles. The Bertz CT molecular complexity index is 869. The average molecular weight is 380 g/mol. The molecule has 0 radical (unpaired) electrons. The van der Waals surface area contributed by atoms with Gasteiger partial charge in [0.1, 0.15) is 5.69 Å². The zero-order valence-electron chi connectivity index (χ0n) is 15.7. The quantitative estimate of drug-likeness (QED) is 0.677. The van der Waals surface area contributed by atoms with E-state index in [1.807, 2.05) is 30.5 Å². The highest BCUT2D eigenvalue weighted by Gasteiger charge is 2.26. The van der Waals surface area contributed by atoms with Gasteiger partial charge >= 0.3 is 0 Å². The van der Waals surface area contributed by atoms with Gasteiger partial charge in [0.2, 0.25) is 11.8 Å². The van der Waals surface area contributed by atoms with Gasteiger partial charge in [-0.3, -0.25) is 14.5 Å². The molecule has 28 heavy (non-hydrogen) atoms. The third-order valence-electron chi connectivity index (χ3n) is 5.24. The molecule has 3 aromatic heterocycles. The van der Waals surface area contributed by atoms with E-state index in [-0.39, 0.29) is 11.8 Å². The molecule has 1 N–H and O–H groups in total. The molecular weight excluding hydrogens is 356 g/mol.